The van der Waals surface area contributed by atoms with Gasteiger partial charge in [0.05, 0.1) is 24.0 Å². The van der Waals surface area contributed by atoms with E-state index < -0.39 is 16.8 Å². The predicted octanol–water partition coefficient (Wildman–Crippen LogP) is 4.34. The third kappa shape index (κ3) is 4.35. The molecule has 2 unspecified atom stereocenters. The van der Waals surface area contributed by atoms with Gasteiger partial charge in [-0.1, -0.05) is 50.6 Å². The Labute approximate surface area is 146 Å². The van der Waals surface area contributed by atoms with E-state index in [0.717, 1.165) is 12.0 Å². The standard InChI is InChI=1S/C19H21NO5/c1-4-13(2)18(14-8-6-5-7-9-14)19(21)25-17-11-10-15(24-3)12-16(17)20(22)23/h5-13,18H,4H2,1-3H3. The Kier molecular flexibility index (Phi) is 6.11. The fraction of sp³-hybridized carbons (Fsp3) is 0.316. The maximum Gasteiger partial charge on any atom is 0.319 e. The summed E-state index contributed by atoms with van der Waals surface area (Å²) >= 11 is 0. The first-order valence-corrected chi connectivity index (χ1v) is 8.07. The van der Waals surface area contributed by atoms with Crippen molar-refractivity contribution in [1.82, 2.24) is 0 Å². The first-order valence-electron chi connectivity index (χ1n) is 8.07. The van der Waals surface area contributed by atoms with Gasteiger partial charge in [-0.15, -0.1) is 0 Å². The quantitative estimate of drug-likeness (QED) is 0.323. The van der Waals surface area contributed by atoms with Crippen molar-refractivity contribution >= 4 is 11.7 Å². The van der Waals surface area contributed by atoms with Crippen LogP contribution >= 0.6 is 0 Å². The molecule has 0 saturated carbocycles. The van der Waals surface area contributed by atoms with Crippen LogP contribution in [0.3, 0.4) is 0 Å². The van der Waals surface area contributed by atoms with Crippen LogP contribution in [0, 0.1) is 16.0 Å². The van der Waals surface area contributed by atoms with Gasteiger partial charge in [0.25, 0.3) is 0 Å². The molecular weight excluding hydrogens is 322 g/mol. The second kappa shape index (κ2) is 8.28. The van der Waals surface area contributed by atoms with Crippen LogP contribution in [0.4, 0.5) is 5.69 Å². The number of rotatable bonds is 7. The van der Waals surface area contributed by atoms with Gasteiger partial charge in [-0.25, -0.2) is 0 Å². The molecule has 2 atom stereocenters. The summed E-state index contributed by atoms with van der Waals surface area (Å²) in [5.74, 6) is -0.720. The fourth-order valence-corrected chi connectivity index (χ4v) is 2.62. The third-order valence-corrected chi connectivity index (χ3v) is 4.20. The Morgan fingerprint density at radius 2 is 1.88 bits per heavy atom. The first kappa shape index (κ1) is 18.4. The average Bonchev–Trinajstić information content (AvgIpc) is 2.62. The number of nitrogens with zero attached hydrogens (tertiary/aromatic N) is 1. The normalized spacial score (nSPS) is 12.9. The van der Waals surface area contributed by atoms with E-state index in [1.165, 1.54) is 25.3 Å². The molecule has 6 heteroatoms. The van der Waals surface area contributed by atoms with Crippen LogP contribution in [0.25, 0.3) is 0 Å². The number of methoxy groups -OCH3 is 1. The lowest BCUT2D eigenvalue weighted by atomic mass is 9.85. The number of hydrogen-bond acceptors (Lipinski definition) is 5. The largest absolute Gasteiger partial charge is 0.496 e. The lowest BCUT2D eigenvalue weighted by Gasteiger charge is -2.21. The molecule has 132 valence electrons. The van der Waals surface area contributed by atoms with Crippen molar-refractivity contribution < 1.29 is 19.2 Å². The smallest absolute Gasteiger partial charge is 0.319 e. The van der Waals surface area contributed by atoms with E-state index in [4.69, 9.17) is 9.47 Å². The topological polar surface area (TPSA) is 78.7 Å². The second-order valence-corrected chi connectivity index (χ2v) is 5.79. The molecule has 0 aliphatic carbocycles. The van der Waals surface area contributed by atoms with Crippen molar-refractivity contribution in [2.45, 2.75) is 26.2 Å². The van der Waals surface area contributed by atoms with E-state index in [0.29, 0.717) is 5.75 Å². The van der Waals surface area contributed by atoms with Crippen molar-refractivity contribution in [2.75, 3.05) is 7.11 Å². The molecule has 0 aromatic heterocycles. The number of esters is 1. The van der Waals surface area contributed by atoms with Gasteiger partial charge in [0.15, 0.2) is 0 Å². The average molecular weight is 343 g/mol. The monoisotopic (exact) mass is 343 g/mol. The molecule has 0 radical (unpaired) electrons. The van der Waals surface area contributed by atoms with E-state index in [-0.39, 0.29) is 17.4 Å². The molecular formula is C19H21NO5. The van der Waals surface area contributed by atoms with Gasteiger partial charge in [0, 0.05) is 0 Å². The zero-order chi connectivity index (χ0) is 18.4. The van der Waals surface area contributed by atoms with Crippen LogP contribution in [0.15, 0.2) is 48.5 Å². The molecule has 0 heterocycles. The van der Waals surface area contributed by atoms with Gasteiger partial charge in [0.2, 0.25) is 5.75 Å². The molecule has 2 aromatic rings. The van der Waals surface area contributed by atoms with E-state index in [9.17, 15) is 14.9 Å². The highest BCUT2D eigenvalue weighted by Crippen LogP contribution is 2.34. The Balaban J connectivity index is 2.34. The number of ether oxygens (including phenoxy) is 2. The summed E-state index contributed by atoms with van der Waals surface area (Å²) in [6.07, 6.45) is 0.777. The van der Waals surface area contributed by atoms with Gasteiger partial charge < -0.3 is 9.47 Å². The van der Waals surface area contributed by atoms with Crippen LogP contribution in [0.1, 0.15) is 31.7 Å². The Morgan fingerprint density at radius 1 is 1.20 bits per heavy atom. The van der Waals surface area contributed by atoms with Crippen LogP contribution in [-0.2, 0) is 4.79 Å². The zero-order valence-electron chi connectivity index (χ0n) is 14.5. The fourth-order valence-electron chi connectivity index (χ4n) is 2.62. The molecule has 0 aliphatic rings. The van der Waals surface area contributed by atoms with Gasteiger partial charge in [-0.05, 0) is 23.6 Å². The summed E-state index contributed by atoms with van der Waals surface area (Å²) in [4.78, 5) is 23.4. The summed E-state index contributed by atoms with van der Waals surface area (Å²) in [6.45, 7) is 3.95. The summed E-state index contributed by atoms with van der Waals surface area (Å²) in [6, 6.07) is 13.5. The molecule has 2 rings (SSSR count). The number of nitro groups is 1. The van der Waals surface area contributed by atoms with Crippen LogP contribution in [0.2, 0.25) is 0 Å². The molecule has 0 N–H and O–H groups in total. The third-order valence-electron chi connectivity index (χ3n) is 4.20. The summed E-state index contributed by atoms with van der Waals surface area (Å²) in [5.41, 5.74) is 0.529. The minimum absolute atomic E-state index is 0.0344. The second-order valence-electron chi connectivity index (χ2n) is 5.79. The SMILES string of the molecule is CCC(C)C(C(=O)Oc1ccc(OC)cc1[N+](=O)[O-])c1ccccc1. The molecule has 0 fully saturated rings. The van der Waals surface area contributed by atoms with Crippen molar-refractivity contribution in [1.29, 1.82) is 0 Å². The Bertz CT molecular complexity index is 745. The van der Waals surface area contributed by atoms with Crippen LogP contribution in [0.5, 0.6) is 11.5 Å². The van der Waals surface area contributed by atoms with Crippen LogP contribution < -0.4 is 9.47 Å². The first-order chi connectivity index (χ1) is 12.0. The summed E-state index contributed by atoms with van der Waals surface area (Å²) in [7, 11) is 1.42. The Morgan fingerprint density at radius 3 is 2.44 bits per heavy atom. The maximum absolute atomic E-state index is 12.8. The Hall–Kier alpha value is -2.89. The van der Waals surface area contributed by atoms with Crippen LogP contribution in [-0.4, -0.2) is 18.0 Å². The zero-order valence-corrected chi connectivity index (χ0v) is 14.5. The van der Waals surface area contributed by atoms with E-state index in [1.54, 1.807) is 0 Å². The number of hydrogen-bond donors (Lipinski definition) is 0. The molecule has 0 spiro atoms. The molecule has 6 nitrogen and oxygen atoms in total. The van der Waals surface area contributed by atoms with E-state index >= 15 is 0 Å². The van der Waals surface area contributed by atoms with Gasteiger partial charge in [0.1, 0.15) is 5.75 Å². The molecule has 2 aromatic carbocycles. The molecule has 0 saturated heterocycles. The summed E-state index contributed by atoms with van der Waals surface area (Å²) in [5, 5.41) is 11.3. The number of benzene rings is 2. The van der Waals surface area contributed by atoms with Gasteiger partial charge in [-0.2, -0.15) is 0 Å². The number of carbonyl (C=O) groups is 1. The molecule has 0 aliphatic heterocycles. The minimum Gasteiger partial charge on any atom is -0.496 e. The molecule has 25 heavy (non-hydrogen) atoms. The lowest BCUT2D eigenvalue weighted by molar-refractivity contribution is -0.385. The molecule has 0 amide bonds. The highest BCUT2D eigenvalue weighted by Gasteiger charge is 2.30. The highest BCUT2D eigenvalue weighted by molar-refractivity contribution is 5.81. The highest BCUT2D eigenvalue weighted by atomic mass is 16.6. The van der Waals surface area contributed by atoms with Crippen molar-refractivity contribution in [3.8, 4) is 11.5 Å². The van der Waals surface area contributed by atoms with E-state index in [2.05, 4.69) is 0 Å². The number of nitro benzene ring substituents is 1. The van der Waals surface area contributed by atoms with E-state index in [1.807, 2.05) is 44.2 Å². The number of carbonyl (C=O) groups excluding carboxylic acids is 1. The van der Waals surface area contributed by atoms with Gasteiger partial charge in [-0.3, -0.25) is 14.9 Å². The van der Waals surface area contributed by atoms with Crippen molar-refractivity contribution in [3.05, 3.63) is 64.2 Å². The predicted molar refractivity (Wildman–Crippen MR) is 93.9 cm³/mol. The summed E-state index contributed by atoms with van der Waals surface area (Å²) < 4.78 is 10.4. The minimum atomic E-state index is -0.591. The van der Waals surface area contributed by atoms with Gasteiger partial charge >= 0.3 is 11.7 Å². The lowest BCUT2D eigenvalue weighted by Crippen LogP contribution is -2.24. The maximum atomic E-state index is 12.8. The van der Waals surface area contributed by atoms with Crippen molar-refractivity contribution in [3.63, 3.8) is 0 Å². The molecule has 0 bridgehead atoms. The van der Waals surface area contributed by atoms with Crippen molar-refractivity contribution in [2.24, 2.45) is 5.92 Å².